The third-order valence-corrected chi connectivity index (χ3v) is 1.62. The van der Waals surface area contributed by atoms with Gasteiger partial charge in [0.05, 0.1) is 0 Å². The van der Waals surface area contributed by atoms with Crippen LogP contribution in [0.2, 0.25) is 0 Å². The van der Waals surface area contributed by atoms with Gasteiger partial charge in [-0.2, -0.15) is 4.98 Å². The molecule has 1 amide bonds. The van der Waals surface area contributed by atoms with Gasteiger partial charge in [0.25, 0.3) is 0 Å². The molecular weight excluding hydrogens is 182 g/mol. The highest BCUT2D eigenvalue weighted by Crippen LogP contribution is 1.98. The Morgan fingerprint density at radius 2 is 2.50 bits per heavy atom. The zero-order chi connectivity index (χ0) is 10.4. The molecule has 0 aromatic carbocycles. The van der Waals surface area contributed by atoms with Crippen molar-refractivity contribution in [3.05, 3.63) is 24.4 Å². The third-order valence-electron chi connectivity index (χ3n) is 1.62. The normalized spacial score (nSPS) is 9.79. The minimum Gasteiger partial charge on any atom is -0.353 e. The minimum absolute atomic E-state index is 0.160. The Kier molecular flexibility index (Phi) is 3.84. The van der Waals surface area contributed by atoms with Gasteiger partial charge in [0, 0.05) is 13.0 Å². The van der Waals surface area contributed by atoms with E-state index in [1.807, 2.05) is 0 Å². The molecule has 0 saturated carbocycles. The Hall–Kier alpha value is -1.65. The van der Waals surface area contributed by atoms with Gasteiger partial charge in [0.1, 0.15) is 0 Å². The lowest BCUT2D eigenvalue weighted by molar-refractivity contribution is -0.116. The lowest BCUT2D eigenvalue weighted by atomic mass is 10.3. The van der Waals surface area contributed by atoms with Crippen molar-refractivity contribution in [1.82, 2.24) is 15.5 Å². The topological polar surface area (TPSA) is 68.0 Å². The molecule has 0 aliphatic rings. The van der Waals surface area contributed by atoms with Crippen molar-refractivity contribution >= 4 is 5.91 Å². The first kappa shape index (κ1) is 10.4. The second-order valence-corrected chi connectivity index (χ2v) is 2.83. The number of carbonyl (C=O) groups excluding carboxylic acids is 1. The molecule has 1 aromatic heterocycles. The van der Waals surface area contributed by atoms with Gasteiger partial charge in [-0.1, -0.05) is 11.7 Å². The highest BCUT2D eigenvalue weighted by Gasteiger charge is 2.01. The van der Waals surface area contributed by atoms with E-state index in [0.717, 1.165) is 6.42 Å². The van der Waals surface area contributed by atoms with Crippen LogP contribution in [0.25, 0.3) is 0 Å². The van der Waals surface area contributed by atoms with Crippen LogP contribution in [0.3, 0.4) is 0 Å². The summed E-state index contributed by atoms with van der Waals surface area (Å²) in [6.45, 7) is 5.71. The number of hydrogen-bond donors (Lipinski definition) is 1. The van der Waals surface area contributed by atoms with E-state index in [1.54, 1.807) is 6.92 Å². The molecule has 0 spiro atoms. The van der Waals surface area contributed by atoms with Crippen molar-refractivity contribution in [2.45, 2.75) is 19.8 Å². The molecule has 5 nitrogen and oxygen atoms in total. The van der Waals surface area contributed by atoms with Gasteiger partial charge in [-0.25, -0.2) is 0 Å². The quantitative estimate of drug-likeness (QED) is 0.552. The van der Waals surface area contributed by atoms with Crippen LogP contribution in [-0.4, -0.2) is 22.6 Å². The zero-order valence-corrected chi connectivity index (χ0v) is 8.12. The predicted octanol–water partition coefficient (Wildman–Crippen LogP) is 0.613. The average Bonchev–Trinajstić information content (AvgIpc) is 2.58. The summed E-state index contributed by atoms with van der Waals surface area (Å²) in [6.07, 6.45) is 2.70. The van der Waals surface area contributed by atoms with Gasteiger partial charge in [-0.05, 0) is 19.4 Å². The lowest BCUT2D eigenvalue weighted by Crippen LogP contribution is -2.22. The second-order valence-electron chi connectivity index (χ2n) is 2.83. The second kappa shape index (κ2) is 5.16. The van der Waals surface area contributed by atoms with Gasteiger partial charge in [-0.15, -0.1) is 0 Å². The molecule has 76 valence electrons. The van der Waals surface area contributed by atoms with Crippen molar-refractivity contribution in [1.29, 1.82) is 0 Å². The number of rotatable bonds is 5. The monoisotopic (exact) mass is 195 g/mol. The van der Waals surface area contributed by atoms with E-state index >= 15 is 0 Å². The van der Waals surface area contributed by atoms with E-state index in [9.17, 15) is 4.79 Å². The molecule has 1 aromatic rings. The summed E-state index contributed by atoms with van der Waals surface area (Å²) in [5.74, 6) is 1.08. The summed E-state index contributed by atoms with van der Waals surface area (Å²) in [4.78, 5) is 14.8. The Morgan fingerprint density at radius 1 is 1.71 bits per heavy atom. The van der Waals surface area contributed by atoms with Crippen molar-refractivity contribution in [3.63, 3.8) is 0 Å². The maximum Gasteiger partial charge on any atom is 0.243 e. The molecule has 0 unspecified atom stereocenters. The fourth-order valence-electron chi connectivity index (χ4n) is 0.965. The molecule has 0 aliphatic heterocycles. The Labute approximate surface area is 82.2 Å². The number of aryl methyl sites for hydroxylation is 2. The van der Waals surface area contributed by atoms with Crippen molar-refractivity contribution in [2.24, 2.45) is 0 Å². The first-order valence-electron chi connectivity index (χ1n) is 4.42. The van der Waals surface area contributed by atoms with Gasteiger partial charge < -0.3 is 9.84 Å². The Morgan fingerprint density at radius 3 is 3.07 bits per heavy atom. The average molecular weight is 195 g/mol. The van der Waals surface area contributed by atoms with Crippen LogP contribution in [0.5, 0.6) is 0 Å². The molecule has 1 rings (SSSR count). The van der Waals surface area contributed by atoms with Gasteiger partial charge in [0.15, 0.2) is 5.82 Å². The zero-order valence-electron chi connectivity index (χ0n) is 8.12. The van der Waals surface area contributed by atoms with E-state index in [2.05, 4.69) is 22.0 Å². The van der Waals surface area contributed by atoms with Crippen LogP contribution in [0, 0.1) is 6.92 Å². The molecule has 0 radical (unpaired) electrons. The highest BCUT2D eigenvalue weighted by molar-refractivity contribution is 5.86. The van der Waals surface area contributed by atoms with Crippen LogP contribution in [0.4, 0.5) is 0 Å². The summed E-state index contributed by atoms with van der Waals surface area (Å²) in [6, 6.07) is 0. The van der Waals surface area contributed by atoms with Gasteiger partial charge >= 0.3 is 0 Å². The van der Waals surface area contributed by atoms with Gasteiger partial charge in [0.2, 0.25) is 11.8 Å². The van der Waals surface area contributed by atoms with Crippen LogP contribution in [-0.2, 0) is 11.2 Å². The van der Waals surface area contributed by atoms with E-state index in [-0.39, 0.29) is 5.91 Å². The molecular formula is C9H13N3O2. The highest BCUT2D eigenvalue weighted by atomic mass is 16.5. The van der Waals surface area contributed by atoms with Crippen LogP contribution >= 0.6 is 0 Å². The number of carbonyl (C=O) groups is 1. The summed E-state index contributed by atoms with van der Waals surface area (Å²) < 4.78 is 4.90. The molecule has 0 atom stereocenters. The number of hydrogen-bond acceptors (Lipinski definition) is 4. The summed E-state index contributed by atoms with van der Waals surface area (Å²) in [5, 5.41) is 6.32. The molecule has 14 heavy (non-hydrogen) atoms. The molecule has 0 fully saturated rings. The van der Waals surface area contributed by atoms with Crippen LogP contribution < -0.4 is 5.32 Å². The Balaban J connectivity index is 2.16. The first-order valence-corrected chi connectivity index (χ1v) is 4.42. The van der Waals surface area contributed by atoms with E-state index < -0.39 is 0 Å². The minimum atomic E-state index is -0.160. The molecule has 1 heterocycles. The van der Waals surface area contributed by atoms with Crippen molar-refractivity contribution in [2.75, 3.05) is 6.54 Å². The fraction of sp³-hybridized carbons (Fsp3) is 0.444. The first-order chi connectivity index (χ1) is 6.72. The molecule has 5 heteroatoms. The molecule has 1 N–H and O–H groups in total. The third kappa shape index (κ3) is 3.38. The SMILES string of the molecule is C=CC(=O)NCCCc1nc(C)no1. The molecule has 0 saturated heterocycles. The summed E-state index contributed by atoms with van der Waals surface area (Å²) >= 11 is 0. The Bertz CT molecular complexity index is 320. The molecule has 0 aliphatic carbocycles. The number of nitrogens with zero attached hydrogens (tertiary/aromatic N) is 2. The van der Waals surface area contributed by atoms with E-state index in [4.69, 9.17) is 4.52 Å². The lowest BCUT2D eigenvalue weighted by Gasteiger charge is -1.98. The largest absolute Gasteiger partial charge is 0.353 e. The number of aromatic nitrogens is 2. The van der Waals surface area contributed by atoms with Crippen LogP contribution in [0.1, 0.15) is 18.1 Å². The number of amides is 1. The fourth-order valence-corrected chi connectivity index (χ4v) is 0.965. The number of nitrogens with one attached hydrogen (secondary N) is 1. The summed E-state index contributed by atoms with van der Waals surface area (Å²) in [5.41, 5.74) is 0. The van der Waals surface area contributed by atoms with Crippen molar-refractivity contribution in [3.8, 4) is 0 Å². The maximum absolute atomic E-state index is 10.7. The van der Waals surface area contributed by atoms with E-state index in [0.29, 0.717) is 24.7 Å². The van der Waals surface area contributed by atoms with Crippen molar-refractivity contribution < 1.29 is 9.32 Å². The maximum atomic E-state index is 10.7. The molecule has 0 bridgehead atoms. The standard InChI is InChI=1S/C9H13N3O2/c1-3-8(13)10-6-4-5-9-11-7(2)12-14-9/h3H,1,4-6H2,2H3,(H,10,13). The summed E-state index contributed by atoms with van der Waals surface area (Å²) in [7, 11) is 0. The van der Waals surface area contributed by atoms with Gasteiger partial charge in [-0.3, -0.25) is 4.79 Å². The predicted molar refractivity (Wildman–Crippen MR) is 50.6 cm³/mol. The van der Waals surface area contributed by atoms with Crippen LogP contribution in [0.15, 0.2) is 17.2 Å². The smallest absolute Gasteiger partial charge is 0.243 e. The van der Waals surface area contributed by atoms with E-state index in [1.165, 1.54) is 6.08 Å².